The molecule has 1 aliphatic rings. The second-order valence-corrected chi connectivity index (χ2v) is 17.1. The molecule has 2 heterocycles. The van der Waals surface area contributed by atoms with E-state index in [1.165, 1.54) is 41.7 Å². The molecule has 7 amide bonds. The summed E-state index contributed by atoms with van der Waals surface area (Å²) in [5, 5.41) is 44.3. The average Bonchev–Trinajstić information content (AvgIpc) is 4.02. The number of amides is 7. The molecule has 2 aromatic carbocycles. The quantitative estimate of drug-likeness (QED) is 0.0499. The molecule has 0 saturated carbocycles. The number of rotatable bonds is 25. The number of aromatic nitrogens is 2. The van der Waals surface area contributed by atoms with Gasteiger partial charge in [0.2, 0.25) is 41.4 Å². The molecule has 0 radical (unpaired) electrons. The van der Waals surface area contributed by atoms with Crippen molar-refractivity contribution in [2.45, 2.75) is 115 Å². The number of aromatic amines is 1. The number of imidazole rings is 1. The van der Waals surface area contributed by atoms with E-state index in [2.05, 4.69) is 41.9 Å². The van der Waals surface area contributed by atoms with Crippen molar-refractivity contribution in [2.75, 3.05) is 13.1 Å². The normalized spacial score (nSPS) is 16.4. The van der Waals surface area contributed by atoms with Gasteiger partial charge >= 0.3 is 11.9 Å². The van der Waals surface area contributed by atoms with Crippen LogP contribution in [-0.2, 0) is 62.4 Å². The first-order valence-corrected chi connectivity index (χ1v) is 22.4. The highest BCUT2D eigenvalue weighted by molar-refractivity contribution is 5.98. The molecule has 8 atom stereocenters. The number of nitrogens with two attached hydrogens (primary N) is 1. The van der Waals surface area contributed by atoms with Crippen molar-refractivity contribution in [3.8, 4) is 5.75 Å². The fourth-order valence-corrected chi connectivity index (χ4v) is 7.53. The van der Waals surface area contributed by atoms with Crippen molar-refractivity contribution in [3.05, 3.63) is 83.9 Å². The van der Waals surface area contributed by atoms with Crippen molar-refractivity contribution < 1.29 is 58.5 Å². The number of H-pyrrole nitrogens is 1. The van der Waals surface area contributed by atoms with E-state index >= 15 is 0 Å². The molecule has 1 saturated heterocycles. The summed E-state index contributed by atoms with van der Waals surface area (Å²) in [4.78, 5) is 127. The summed E-state index contributed by atoms with van der Waals surface area (Å²) in [7, 11) is 0. The molecule has 4 rings (SSSR count). The predicted molar refractivity (Wildman–Crippen MR) is 244 cm³/mol. The van der Waals surface area contributed by atoms with Gasteiger partial charge in [-0.15, -0.1) is 0 Å². The summed E-state index contributed by atoms with van der Waals surface area (Å²) in [5.41, 5.74) is 7.22. The number of benzene rings is 2. The molecule has 22 heteroatoms. The Morgan fingerprint density at radius 2 is 1.40 bits per heavy atom. The lowest BCUT2D eigenvalue weighted by molar-refractivity contribution is -0.145. The third-order valence-electron chi connectivity index (χ3n) is 11.6. The fourth-order valence-electron chi connectivity index (χ4n) is 7.53. The summed E-state index contributed by atoms with van der Waals surface area (Å²) >= 11 is 0. The molecule has 68 heavy (non-hydrogen) atoms. The lowest BCUT2D eigenvalue weighted by Gasteiger charge is -2.32. The number of likely N-dealkylation sites (tertiary alicyclic amines) is 1. The Morgan fingerprint density at radius 3 is 2.00 bits per heavy atom. The molecule has 0 unspecified atom stereocenters. The standard InChI is InChI=1S/C46H62N10O12/c1-5-26(4)39(55-41(62)32(18-28-13-15-30(57)16-14-28)51-43(64)38(25(2)3)54-36(58)23-49-40(61)31(47)21-37(59)60)44(65)52-33(20-29-22-48-24-50-29)45(66)56-17-9-12-35(56)42(63)53-34(46(67)68)19-27-10-7-6-8-11-27/h6-8,10-11,13-16,22,24-26,31-35,38-39,57H,5,9,12,17-21,23,47H2,1-4H3,(H,48,50)(H,49,61)(H,51,64)(H,52,65)(H,53,63)(H,54,58)(H,55,62)(H,59,60)(H,67,68)/t26-,31-,32-,33-,34-,35-,38-,39-/m0/s1. The fraction of sp³-hybridized carbons (Fsp3) is 0.478. The number of phenols is 1. The number of nitrogens with one attached hydrogen (secondary N) is 7. The number of carboxylic acids is 2. The monoisotopic (exact) mass is 946 g/mol. The van der Waals surface area contributed by atoms with Gasteiger partial charge in [0.15, 0.2) is 0 Å². The molecule has 0 bridgehead atoms. The minimum Gasteiger partial charge on any atom is -0.508 e. The number of hydrogen-bond donors (Lipinski definition) is 11. The Labute approximate surface area is 393 Å². The second-order valence-electron chi connectivity index (χ2n) is 17.1. The topological polar surface area (TPSA) is 344 Å². The maximum Gasteiger partial charge on any atom is 0.326 e. The molecule has 0 aliphatic carbocycles. The Morgan fingerprint density at radius 1 is 0.765 bits per heavy atom. The molecule has 1 aromatic heterocycles. The van der Waals surface area contributed by atoms with E-state index in [1.54, 1.807) is 58.0 Å². The van der Waals surface area contributed by atoms with Crippen LogP contribution in [-0.4, -0.2) is 139 Å². The largest absolute Gasteiger partial charge is 0.508 e. The third kappa shape index (κ3) is 15.9. The van der Waals surface area contributed by atoms with E-state index in [0.717, 1.165) is 0 Å². The molecule has 3 aromatic rings. The zero-order chi connectivity index (χ0) is 50.1. The van der Waals surface area contributed by atoms with Gasteiger partial charge in [-0.25, -0.2) is 9.78 Å². The van der Waals surface area contributed by atoms with Crippen LogP contribution in [0.2, 0.25) is 0 Å². The molecule has 22 nitrogen and oxygen atoms in total. The summed E-state index contributed by atoms with van der Waals surface area (Å²) in [6, 6.07) is 5.64. The van der Waals surface area contributed by atoms with E-state index in [-0.39, 0.29) is 38.0 Å². The van der Waals surface area contributed by atoms with Gasteiger partial charge in [0.05, 0.1) is 25.3 Å². The second kappa shape index (κ2) is 25.5. The first kappa shape index (κ1) is 53.3. The molecule has 0 spiro atoms. The van der Waals surface area contributed by atoms with Gasteiger partial charge in [-0.1, -0.05) is 76.6 Å². The highest BCUT2D eigenvalue weighted by atomic mass is 16.4. The zero-order valence-electron chi connectivity index (χ0n) is 38.4. The molecule has 12 N–H and O–H groups in total. The summed E-state index contributed by atoms with van der Waals surface area (Å²) in [6.45, 7) is 6.24. The lowest BCUT2D eigenvalue weighted by atomic mass is 9.96. The minimum absolute atomic E-state index is 0.00774. The van der Waals surface area contributed by atoms with Crippen LogP contribution in [0.5, 0.6) is 5.75 Å². The summed E-state index contributed by atoms with van der Waals surface area (Å²) < 4.78 is 0. The molecule has 368 valence electrons. The van der Waals surface area contributed by atoms with Crippen LogP contribution in [0.1, 0.15) is 70.2 Å². The van der Waals surface area contributed by atoms with Gasteiger partial charge < -0.3 is 62.8 Å². The minimum atomic E-state index is -1.42. The smallest absolute Gasteiger partial charge is 0.326 e. The number of carbonyl (C=O) groups excluding carboxylic acids is 7. The summed E-state index contributed by atoms with van der Waals surface area (Å²) in [6.07, 6.45) is 2.98. The van der Waals surface area contributed by atoms with Gasteiger partial charge in [-0.3, -0.25) is 38.4 Å². The van der Waals surface area contributed by atoms with Crippen molar-refractivity contribution in [3.63, 3.8) is 0 Å². The van der Waals surface area contributed by atoms with E-state index in [9.17, 15) is 53.4 Å². The summed E-state index contributed by atoms with van der Waals surface area (Å²) in [5.74, 6) is -9.09. The first-order valence-electron chi connectivity index (χ1n) is 22.4. The number of aromatic hydroxyl groups is 1. The Kier molecular flexibility index (Phi) is 20.0. The van der Waals surface area contributed by atoms with Crippen LogP contribution < -0.4 is 37.6 Å². The van der Waals surface area contributed by atoms with E-state index in [4.69, 9.17) is 10.8 Å². The van der Waals surface area contributed by atoms with Gasteiger partial charge in [0.25, 0.3) is 0 Å². The molecule has 1 aliphatic heterocycles. The van der Waals surface area contributed by atoms with E-state index in [0.29, 0.717) is 29.7 Å². The average molecular weight is 947 g/mol. The van der Waals surface area contributed by atoms with Crippen molar-refractivity contribution in [1.29, 1.82) is 0 Å². The van der Waals surface area contributed by atoms with Crippen molar-refractivity contribution in [2.24, 2.45) is 17.6 Å². The van der Waals surface area contributed by atoms with Crippen LogP contribution in [0.25, 0.3) is 0 Å². The van der Waals surface area contributed by atoms with Crippen LogP contribution in [0.15, 0.2) is 67.1 Å². The van der Waals surface area contributed by atoms with Gasteiger partial charge in [0.1, 0.15) is 42.0 Å². The van der Waals surface area contributed by atoms with Gasteiger partial charge in [-0.05, 0) is 47.9 Å². The van der Waals surface area contributed by atoms with E-state index < -0.39 is 120 Å². The number of aliphatic carboxylic acids is 2. The number of phenolic OH excluding ortho intramolecular Hbond substituents is 1. The Hall–Kier alpha value is -7.36. The maximum atomic E-state index is 14.5. The van der Waals surface area contributed by atoms with Crippen molar-refractivity contribution in [1.82, 2.24) is 46.8 Å². The maximum absolute atomic E-state index is 14.5. The van der Waals surface area contributed by atoms with Crippen LogP contribution in [0.4, 0.5) is 0 Å². The SMILES string of the molecule is CC[C@H](C)[C@H](NC(=O)[C@H](Cc1ccc(O)cc1)NC(=O)[C@@H](NC(=O)CNC(=O)[C@@H](N)CC(=O)O)C(C)C)C(=O)N[C@@H](Cc1cnc[nH]1)C(=O)N1CCC[C@H]1C(=O)N[C@@H](Cc1ccccc1)C(=O)O. The van der Waals surface area contributed by atoms with Gasteiger partial charge in [-0.2, -0.15) is 0 Å². The van der Waals surface area contributed by atoms with Crippen LogP contribution in [0, 0.1) is 11.8 Å². The lowest BCUT2D eigenvalue weighted by Crippen LogP contribution is -2.61. The Balaban J connectivity index is 1.55. The molecule has 1 fully saturated rings. The zero-order valence-corrected chi connectivity index (χ0v) is 38.4. The van der Waals surface area contributed by atoms with Crippen molar-refractivity contribution >= 4 is 53.3 Å². The van der Waals surface area contributed by atoms with E-state index in [1.807, 2.05) is 0 Å². The Bertz CT molecular complexity index is 2220. The first-order chi connectivity index (χ1) is 32.3. The predicted octanol–water partition coefficient (Wildman–Crippen LogP) is -0.737. The van der Waals surface area contributed by atoms with Crippen LogP contribution in [0.3, 0.4) is 0 Å². The number of carboxylic acid groups (broad SMARTS) is 2. The number of hydrogen-bond acceptors (Lipinski definition) is 12. The van der Waals surface area contributed by atoms with Crippen LogP contribution >= 0.6 is 0 Å². The highest BCUT2D eigenvalue weighted by Crippen LogP contribution is 2.21. The molecular weight excluding hydrogens is 885 g/mol. The van der Waals surface area contributed by atoms with Gasteiger partial charge in [0, 0.05) is 37.7 Å². The number of nitrogens with zero attached hydrogens (tertiary/aromatic N) is 2. The third-order valence-corrected chi connectivity index (χ3v) is 11.6. The molecular formula is C46H62N10O12. The highest BCUT2D eigenvalue weighted by Gasteiger charge is 2.41. The number of carbonyl (C=O) groups is 9.